The second-order valence-corrected chi connectivity index (χ2v) is 5.70. The van der Waals surface area contributed by atoms with E-state index in [0.29, 0.717) is 0 Å². The van der Waals surface area contributed by atoms with E-state index in [2.05, 4.69) is 10.0 Å². The van der Waals surface area contributed by atoms with Gasteiger partial charge in [-0.05, 0) is 12.1 Å². The van der Waals surface area contributed by atoms with Crippen LogP contribution in [0.15, 0.2) is 18.2 Å². The number of hydrogen-bond donors (Lipinski definition) is 4. The van der Waals surface area contributed by atoms with E-state index in [1.807, 2.05) is 0 Å². The van der Waals surface area contributed by atoms with Crippen LogP contribution in [-0.4, -0.2) is 43.4 Å². The number of hydrogen-bond acceptors (Lipinski definition) is 5. The Bertz CT molecular complexity index is 556. The van der Waals surface area contributed by atoms with Crippen LogP contribution in [0.5, 0.6) is 11.5 Å². The molecule has 0 radical (unpaired) electrons. The van der Waals surface area contributed by atoms with E-state index in [4.69, 9.17) is 5.11 Å². The fourth-order valence-electron chi connectivity index (χ4n) is 1.40. The summed E-state index contributed by atoms with van der Waals surface area (Å²) in [5.74, 6) is -1.38. The van der Waals surface area contributed by atoms with Gasteiger partial charge < -0.3 is 15.5 Å². The fraction of sp³-hybridized carbons (Fsp3) is 0.364. The van der Waals surface area contributed by atoms with Crippen molar-refractivity contribution < 1.29 is 23.4 Å². The minimum atomic E-state index is -3.39. The molecular formula is C11H16N2O5S. The number of carbonyl (C=O) groups is 1. The maximum absolute atomic E-state index is 11.7. The number of rotatable bonds is 6. The molecule has 8 heteroatoms. The van der Waals surface area contributed by atoms with Gasteiger partial charge in [0.25, 0.3) is 5.91 Å². The molecule has 0 saturated heterocycles. The highest BCUT2D eigenvalue weighted by molar-refractivity contribution is 7.89. The Morgan fingerprint density at radius 3 is 2.58 bits per heavy atom. The third-order valence-electron chi connectivity index (χ3n) is 2.25. The second-order valence-electron chi connectivity index (χ2n) is 3.77. The highest BCUT2D eigenvalue weighted by atomic mass is 32.2. The van der Waals surface area contributed by atoms with Crippen LogP contribution < -0.4 is 10.0 Å². The molecule has 0 bridgehead atoms. The average Bonchev–Trinajstić information content (AvgIpc) is 2.28. The van der Waals surface area contributed by atoms with Crippen molar-refractivity contribution in [2.24, 2.45) is 0 Å². The van der Waals surface area contributed by atoms with E-state index in [9.17, 15) is 18.3 Å². The lowest BCUT2D eigenvalue weighted by Gasteiger charge is -2.08. The number of amides is 1. The molecule has 0 fully saturated rings. The van der Waals surface area contributed by atoms with Crippen molar-refractivity contribution in [2.75, 3.05) is 18.8 Å². The molecule has 1 amide bonds. The molecule has 0 unspecified atom stereocenters. The monoisotopic (exact) mass is 288 g/mol. The molecule has 0 aliphatic heterocycles. The Kier molecular flexibility index (Phi) is 5.13. The number of aromatic hydroxyl groups is 2. The van der Waals surface area contributed by atoms with Gasteiger partial charge in [0.15, 0.2) is 0 Å². The summed E-state index contributed by atoms with van der Waals surface area (Å²) in [4.78, 5) is 11.7. The SMILES string of the molecule is CCNS(=O)(=O)CCNC(=O)c1ccc(O)cc1O. The molecule has 1 aromatic carbocycles. The van der Waals surface area contributed by atoms with Gasteiger partial charge in [-0.3, -0.25) is 4.79 Å². The third kappa shape index (κ3) is 4.76. The van der Waals surface area contributed by atoms with Crippen molar-refractivity contribution in [1.82, 2.24) is 10.0 Å². The lowest BCUT2D eigenvalue weighted by atomic mass is 10.2. The van der Waals surface area contributed by atoms with Gasteiger partial charge in [-0.15, -0.1) is 0 Å². The first-order valence-electron chi connectivity index (χ1n) is 5.63. The van der Waals surface area contributed by atoms with Gasteiger partial charge in [-0.1, -0.05) is 6.92 Å². The molecule has 106 valence electrons. The van der Waals surface area contributed by atoms with E-state index in [0.717, 1.165) is 6.07 Å². The van der Waals surface area contributed by atoms with Crippen molar-refractivity contribution in [1.29, 1.82) is 0 Å². The molecule has 4 N–H and O–H groups in total. The largest absolute Gasteiger partial charge is 0.508 e. The fourth-order valence-corrected chi connectivity index (χ4v) is 2.35. The van der Waals surface area contributed by atoms with Crippen LogP contribution in [0, 0.1) is 0 Å². The van der Waals surface area contributed by atoms with Gasteiger partial charge >= 0.3 is 0 Å². The number of phenolic OH excluding ortho intramolecular Hbond substituents is 2. The van der Waals surface area contributed by atoms with Gasteiger partial charge in [-0.25, -0.2) is 13.1 Å². The van der Waals surface area contributed by atoms with Crippen LogP contribution >= 0.6 is 0 Å². The van der Waals surface area contributed by atoms with Gasteiger partial charge in [0.1, 0.15) is 11.5 Å². The molecule has 0 aliphatic rings. The van der Waals surface area contributed by atoms with E-state index in [1.165, 1.54) is 12.1 Å². The van der Waals surface area contributed by atoms with E-state index in [-0.39, 0.29) is 35.9 Å². The van der Waals surface area contributed by atoms with Crippen molar-refractivity contribution in [3.8, 4) is 11.5 Å². The molecule has 7 nitrogen and oxygen atoms in total. The lowest BCUT2D eigenvalue weighted by molar-refractivity contribution is 0.0953. The zero-order chi connectivity index (χ0) is 14.5. The Hall–Kier alpha value is -1.80. The second kappa shape index (κ2) is 6.39. The zero-order valence-corrected chi connectivity index (χ0v) is 11.2. The number of nitrogens with one attached hydrogen (secondary N) is 2. The molecule has 1 rings (SSSR count). The minimum absolute atomic E-state index is 0.0290. The van der Waals surface area contributed by atoms with Crippen molar-refractivity contribution in [3.05, 3.63) is 23.8 Å². The van der Waals surface area contributed by atoms with Gasteiger partial charge in [0.2, 0.25) is 10.0 Å². The number of phenols is 2. The summed E-state index contributed by atoms with van der Waals surface area (Å²) in [7, 11) is -3.39. The Morgan fingerprint density at radius 2 is 2.00 bits per heavy atom. The van der Waals surface area contributed by atoms with Crippen LogP contribution in [0.25, 0.3) is 0 Å². The number of benzene rings is 1. The van der Waals surface area contributed by atoms with Crippen molar-refractivity contribution in [3.63, 3.8) is 0 Å². The third-order valence-corrected chi connectivity index (χ3v) is 3.72. The first kappa shape index (κ1) is 15.3. The summed E-state index contributed by atoms with van der Waals surface area (Å²) in [6.07, 6.45) is 0. The summed E-state index contributed by atoms with van der Waals surface area (Å²) in [6, 6.07) is 3.53. The minimum Gasteiger partial charge on any atom is -0.508 e. The average molecular weight is 288 g/mol. The Labute approximate surface area is 111 Å². The van der Waals surface area contributed by atoms with E-state index < -0.39 is 15.9 Å². The Morgan fingerprint density at radius 1 is 1.32 bits per heavy atom. The molecule has 19 heavy (non-hydrogen) atoms. The van der Waals surface area contributed by atoms with Crippen molar-refractivity contribution >= 4 is 15.9 Å². The van der Waals surface area contributed by atoms with Crippen molar-refractivity contribution in [2.45, 2.75) is 6.92 Å². The zero-order valence-electron chi connectivity index (χ0n) is 10.4. The number of sulfonamides is 1. The summed E-state index contributed by atoms with van der Waals surface area (Å²) < 4.78 is 24.9. The van der Waals surface area contributed by atoms with Crippen LogP contribution in [0.2, 0.25) is 0 Å². The molecule has 0 aliphatic carbocycles. The lowest BCUT2D eigenvalue weighted by Crippen LogP contribution is -2.34. The first-order chi connectivity index (χ1) is 8.85. The predicted octanol–water partition coefficient (Wildman–Crippen LogP) is -0.233. The van der Waals surface area contributed by atoms with Gasteiger partial charge in [-0.2, -0.15) is 0 Å². The maximum Gasteiger partial charge on any atom is 0.255 e. The van der Waals surface area contributed by atoms with Gasteiger partial charge in [0.05, 0.1) is 11.3 Å². The molecule has 0 atom stereocenters. The molecule has 0 heterocycles. The molecular weight excluding hydrogens is 272 g/mol. The van der Waals surface area contributed by atoms with Crippen LogP contribution in [0.1, 0.15) is 17.3 Å². The van der Waals surface area contributed by atoms with E-state index in [1.54, 1.807) is 6.92 Å². The van der Waals surface area contributed by atoms with Crippen LogP contribution in [0.3, 0.4) is 0 Å². The molecule has 0 saturated carbocycles. The molecule has 0 spiro atoms. The summed E-state index contributed by atoms with van der Waals surface area (Å²) >= 11 is 0. The summed E-state index contributed by atoms with van der Waals surface area (Å²) in [5.41, 5.74) is -0.0290. The van der Waals surface area contributed by atoms with E-state index >= 15 is 0 Å². The quantitative estimate of drug-likeness (QED) is 0.577. The molecule has 1 aromatic rings. The first-order valence-corrected chi connectivity index (χ1v) is 7.28. The number of carbonyl (C=O) groups excluding carboxylic acids is 1. The van der Waals surface area contributed by atoms with Crippen LogP contribution in [0.4, 0.5) is 0 Å². The molecule has 0 aromatic heterocycles. The summed E-state index contributed by atoms with van der Waals surface area (Å²) in [6.45, 7) is 1.87. The highest BCUT2D eigenvalue weighted by Gasteiger charge is 2.13. The maximum atomic E-state index is 11.7. The van der Waals surface area contributed by atoms with Gasteiger partial charge in [0, 0.05) is 19.2 Å². The van der Waals surface area contributed by atoms with Crippen LogP contribution in [-0.2, 0) is 10.0 Å². The normalized spacial score (nSPS) is 11.2. The topological polar surface area (TPSA) is 116 Å². The predicted molar refractivity (Wildman–Crippen MR) is 69.6 cm³/mol. The Balaban J connectivity index is 2.57. The smallest absolute Gasteiger partial charge is 0.255 e. The highest BCUT2D eigenvalue weighted by Crippen LogP contribution is 2.22. The summed E-state index contributed by atoms with van der Waals surface area (Å²) in [5, 5.41) is 20.9. The standard InChI is InChI=1S/C11H16N2O5S/c1-2-13-19(17,18)6-5-12-11(16)9-4-3-8(14)7-10(9)15/h3-4,7,13-15H,2,5-6H2,1H3,(H,12,16).